The normalized spacial score (nSPS) is 18.6. The van der Waals surface area contributed by atoms with Gasteiger partial charge in [-0.2, -0.15) is 10.1 Å². The van der Waals surface area contributed by atoms with Gasteiger partial charge in [-0.25, -0.2) is 0 Å². The molecule has 2 aromatic heterocycles. The van der Waals surface area contributed by atoms with E-state index in [9.17, 15) is 4.79 Å². The quantitative estimate of drug-likeness (QED) is 0.864. The molecule has 0 N–H and O–H groups in total. The summed E-state index contributed by atoms with van der Waals surface area (Å²) in [5.74, 6) is 1.25. The van der Waals surface area contributed by atoms with E-state index in [2.05, 4.69) is 22.2 Å². The van der Waals surface area contributed by atoms with E-state index in [1.165, 1.54) is 0 Å². The van der Waals surface area contributed by atoms with E-state index >= 15 is 0 Å². The molecule has 7 nitrogen and oxygen atoms in total. The van der Waals surface area contributed by atoms with Crippen LogP contribution in [0.4, 0.5) is 0 Å². The van der Waals surface area contributed by atoms with Gasteiger partial charge in [0.25, 0.3) is 5.91 Å². The van der Waals surface area contributed by atoms with Crippen LogP contribution in [-0.4, -0.2) is 37.3 Å². The third-order valence-corrected chi connectivity index (χ3v) is 3.96. The Morgan fingerprint density at radius 2 is 2.32 bits per heavy atom. The van der Waals surface area contributed by atoms with E-state index in [0.717, 1.165) is 37.9 Å². The summed E-state index contributed by atoms with van der Waals surface area (Å²) in [6, 6.07) is -0.125. The summed E-state index contributed by atoms with van der Waals surface area (Å²) in [5, 5.41) is 8.09. The molecule has 0 aromatic carbocycles. The molecule has 22 heavy (non-hydrogen) atoms. The predicted octanol–water partition coefficient (Wildman–Crippen LogP) is 2.12. The minimum atomic E-state index is -0.125. The van der Waals surface area contributed by atoms with Gasteiger partial charge in [0.15, 0.2) is 5.82 Å². The van der Waals surface area contributed by atoms with Crippen LogP contribution in [0, 0.1) is 0 Å². The zero-order valence-corrected chi connectivity index (χ0v) is 13.0. The van der Waals surface area contributed by atoms with Gasteiger partial charge in [-0.15, -0.1) is 0 Å². The highest BCUT2D eigenvalue weighted by Crippen LogP contribution is 2.31. The summed E-state index contributed by atoms with van der Waals surface area (Å²) in [7, 11) is 1.81. The van der Waals surface area contributed by atoms with Gasteiger partial charge in [0.1, 0.15) is 6.04 Å². The summed E-state index contributed by atoms with van der Waals surface area (Å²) in [5.41, 5.74) is 0.600. The molecular formula is C15H21N5O2. The van der Waals surface area contributed by atoms with E-state index in [1.54, 1.807) is 24.1 Å². The van der Waals surface area contributed by atoms with E-state index in [0.29, 0.717) is 18.0 Å². The highest BCUT2D eigenvalue weighted by Gasteiger charge is 2.33. The molecular weight excluding hydrogens is 282 g/mol. The Balaban J connectivity index is 1.82. The number of hydrogen-bond donors (Lipinski definition) is 0. The second-order valence-corrected chi connectivity index (χ2v) is 5.71. The van der Waals surface area contributed by atoms with E-state index in [-0.39, 0.29) is 11.9 Å². The van der Waals surface area contributed by atoms with Crippen molar-refractivity contribution >= 4 is 5.91 Å². The number of amides is 1. The van der Waals surface area contributed by atoms with E-state index < -0.39 is 0 Å². The van der Waals surface area contributed by atoms with Gasteiger partial charge in [0, 0.05) is 26.2 Å². The number of nitrogens with zero attached hydrogens (tertiary/aromatic N) is 5. The number of aryl methyl sites for hydroxylation is 2. The number of likely N-dealkylation sites (tertiary alicyclic amines) is 1. The SMILES string of the molecule is CCCc1noc([C@@H]2CCCCN2C(=O)c2cnn(C)c2)n1. The Bertz CT molecular complexity index is 648. The second kappa shape index (κ2) is 6.29. The van der Waals surface area contributed by atoms with Gasteiger partial charge in [-0.05, 0) is 25.7 Å². The maximum atomic E-state index is 12.7. The third-order valence-electron chi connectivity index (χ3n) is 3.96. The lowest BCUT2D eigenvalue weighted by atomic mass is 10.0. The molecule has 1 fully saturated rings. The Kier molecular flexibility index (Phi) is 4.22. The number of carbonyl (C=O) groups is 1. The van der Waals surface area contributed by atoms with Crippen LogP contribution in [0.5, 0.6) is 0 Å². The van der Waals surface area contributed by atoms with Gasteiger partial charge in [0.2, 0.25) is 5.89 Å². The fourth-order valence-electron chi connectivity index (χ4n) is 2.86. The van der Waals surface area contributed by atoms with E-state index in [4.69, 9.17) is 4.52 Å². The van der Waals surface area contributed by atoms with Crippen LogP contribution in [0.1, 0.15) is 60.7 Å². The average molecular weight is 303 g/mol. The first kappa shape index (κ1) is 14.7. The molecule has 7 heteroatoms. The number of aromatic nitrogens is 4. The molecule has 2 aromatic rings. The molecule has 3 rings (SSSR count). The molecule has 118 valence electrons. The molecule has 0 radical (unpaired) electrons. The van der Waals surface area contributed by atoms with Crippen molar-refractivity contribution in [2.24, 2.45) is 7.05 Å². The minimum Gasteiger partial charge on any atom is -0.337 e. The Hall–Kier alpha value is -2.18. The van der Waals surface area contributed by atoms with Crippen LogP contribution in [0.25, 0.3) is 0 Å². The van der Waals surface area contributed by atoms with Crippen LogP contribution in [0.15, 0.2) is 16.9 Å². The largest absolute Gasteiger partial charge is 0.337 e. The maximum absolute atomic E-state index is 12.7. The van der Waals surface area contributed by atoms with Gasteiger partial charge in [-0.3, -0.25) is 9.48 Å². The maximum Gasteiger partial charge on any atom is 0.257 e. The summed E-state index contributed by atoms with van der Waals surface area (Å²) >= 11 is 0. The highest BCUT2D eigenvalue weighted by molar-refractivity contribution is 5.94. The van der Waals surface area contributed by atoms with Crippen molar-refractivity contribution in [1.82, 2.24) is 24.8 Å². The topological polar surface area (TPSA) is 77.0 Å². The third kappa shape index (κ3) is 2.88. The summed E-state index contributed by atoms with van der Waals surface area (Å²) in [4.78, 5) is 19.0. The zero-order valence-electron chi connectivity index (χ0n) is 13.0. The first-order valence-corrected chi connectivity index (χ1v) is 7.81. The first-order valence-electron chi connectivity index (χ1n) is 7.81. The van der Waals surface area contributed by atoms with Crippen LogP contribution in [-0.2, 0) is 13.5 Å². The summed E-state index contributed by atoms with van der Waals surface area (Å²) in [6.45, 7) is 2.79. The van der Waals surface area contributed by atoms with Crippen LogP contribution < -0.4 is 0 Å². The molecule has 1 atom stereocenters. The van der Waals surface area contributed by atoms with Crippen molar-refractivity contribution in [2.45, 2.75) is 45.1 Å². The van der Waals surface area contributed by atoms with Crippen LogP contribution in [0.2, 0.25) is 0 Å². The van der Waals surface area contributed by atoms with Gasteiger partial charge in [-0.1, -0.05) is 12.1 Å². The second-order valence-electron chi connectivity index (χ2n) is 5.71. The first-order chi connectivity index (χ1) is 10.7. The molecule has 1 saturated heterocycles. The number of hydrogen-bond acceptors (Lipinski definition) is 5. The summed E-state index contributed by atoms with van der Waals surface area (Å²) < 4.78 is 7.04. The number of carbonyl (C=O) groups excluding carboxylic acids is 1. The monoisotopic (exact) mass is 303 g/mol. The summed E-state index contributed by atoms with van der Waals surface area (Å²) in [6.07, 6.45) is 8.04. The highest BCUT2D eigenvalue weighted by atomic mass is 16.5. The predicted molar refractivity (Wildman–Crippen MR) is 79.1 cm³/mol. The lowest BCUT2D eigenvalue weighted by Gasteiger charge is -2.33. The Morgan fingerprint density at radius 3 is 3.05 bits per heavy atom. The standard InChI is InChI=1S/C15H21N5O2/c1-3-6-13-17-14(22-18-13)12-7-4-5-8-20(12)15(21)11-9-16-19(2)10-11/h9-10,12H,3-8H2,1-2H3/t12-/m0/s1. The average Bonchev–Trinajstić information content (AvgIpc) is 3.16. The molecule has 3 heterocycles. The fourth-order valence-corrected chi connectivity index (χ4v) is 2.86. The Labute approximate surface area is 129 Å². The molecule has 1 aliphatic rings. The van der Waals surface area contributed by atoms with Gasteiger partial charge in [0.05, 0.1) is 11.8 Å². The molecule has 0 bridgehead atoms. The van der Waals surface area contributed by atoms with Crippen molar-refractivity contribution in [3.63, 3.8) is 0 Å². The van der Waals surface area contributed by atoms with Gasteiger partial charge < -0.3 is 9.42 Å². The lowest BCUT2D eigenvalue weighted by molar-refractivity contribution is 0.0561. The van der Waals surface area contributed by atoms with Crippen molar-refractivity contribution in [1.29, 1.82) is 0 Å². The zero-order chi connectivity index (χ0) is 15.5. The number of rotatable bonds is 4. The molecule has 1 aliphatic heterocycles. The van der Waals surface area contributed by atoms with Crippen molar-refractivity contribution < 1.29 is 9.32 Å². The van der Waals surface area contributed by atoms with Crippen molar-refractivity contribution in [3.05, 3.63) is 29.7 Å². The van der Waals surface area contributed by atoms with Crippen molar-refractivity contribution in [3.8, 4) is 0 Å². The lowest BCUT2D eigenvalue weighted by Crippen LogP contribution is -2.38. The van der Waals surface area contributed by atoms with Crippen LogP contribution in [0.3, 0.4) is 0 Å². The van der Waals surface area contributed by atoms with Gasteiger partial charge >= 0.3 is 0 Å². The smallest absolute Gasteiger partial charge is 0.257 e. The number of piperidine rings is 1. The molecule has 0 unspecified atom stereocenters. The molecule has 0 aliphatic carbocycles. The molecule has 1 amide bonds. The van der Waals surface area contributed by atoms with Crippen LogP contribution >= 0.6 is 0 Å². The molecule has 0 saturated carbocycles. The fraction of sp³-hybridized carbons (Fsp3) is 0.600. The van der Waals surface area contributed by atoms with E-state index in [1.807, 2.05) is 4.90 Å². The van der Waals surface area contributed by atoms with Crippen molar-refractivity contribution in [2.75, 3.05) is 6.54 Å². The Morgan fingerprint density at radius 1 is 1.45 bits per heavy atom. The minimum absolute atomic E-state index is 0.0203. The molecule has 0 spiro atoms.